The second-order valence-corrected chi connectivity index (χ2v) is 6.87. The largest absolute Gasteiger partial charge is 0.327 e. The van der Waals surface area contributed by atoms with E-state index in [1.807, 2.05) is 0 Å². The van der Waals surface area contributed by atoms with E-state index < -0.39 is 0 Å². The molecule has 1 unspecified atom stereocenters. The molecule has 106 valence electrons. The minimum Gasteiger partial charge on any atom is -0.327 e. The Bertz CT molecular complexity index is 210. The van der Waals surface area contributed by atoms with Crippen LogP contribution in [0.25, 0.3) is 0 Å². The molecule has 0 spiro atoms. The van der Waals surface area contributed by atoms with Gasteiger partial charge in [-0.25, -0.2) is 0 Å². The SMILES string of the molecule is CCC1CCC(C(N)C2CCCCCCC2)CC1. The van der Waals surface area contributed by atoms with Gasteiger partial charge in [-0.05, 0) is 43.4 Å². The second kappa shape index (κ2) is 7.53. The molecule has 1 atom stereocenters. The molecule has 2 N–H and O–H groups in total. The fraction of sp³-hybridized carbons (Fsp3) is 1.00. The molecule has 0 aromatic rings. The predicted molar refractivity (Wildman–Crippen MR) is 79.5 cm³/mol. The summed E-state index contributed by atoms with van der Waals surface area (Å²) in [5, 5.41) is 0. The van der Waals surface area contributed by atoms with Crippen molar-refractivity contribution in [2.75, 3.05) is 0 Å². The summed E-state index contributed by atoms with van der Waals surface area (Å²) in [5.74, 6) is 2.69. The Labute approximate surface area is 114 Å². The average Bonchev–Trinajstić information content (AvgIpc) is 2.38. The molecule has 2 rings (SSSR count). The van der Waals surface area contributed by atoms with E-state index in [1.54, 1.807) is 0 Å². The van der Waals surface area contributed by atoms with Gasteiger partial charge in [0.25, 0.3) is 0 Å². The molecule has 18 heavy (non-hydrogen) atoms. The Balaban J connectivity index is 1.80. The van der Waals surface area contributed by atoms with E-state index in [1.165, 1.54) is 77.0 Å². The second-order valence-electron chi connectivity index (χ2n) is 6.87. The first-order chi connectivity index (χ1) is 8.81. The molecule has 2 aliphatic rings. The lowest BCUT2D eigenvalue weighted by Crippen LogP contribution is -2.39. The maximum atomic E-state index is 6.63. The Hall–Kier alpha value is -0.0400. The van der Waals surface area contributed by atoms with E-state index in [9.17, 15) is 0 Å². The van der Waals surface area contributed by atoms with Crippen molar-refractivity contribution in [1.82, 2.24) is 0 Å². The molecule has 1 nitrogen and oxygen atoms in total. The topological polar surface area (TPSA) is 26.0 Å². The van der Waals surface area contributed by atoms with E-state index in [0.717, 1.165) is 17.8 Å². The van der Waals surface area contributed by atoms with Crippen LogP contribution >= 0.6 is 0 Å². The van der Waals surface area contributed by atoms with E-state index in [0.29, 0.717) is 6.04 Å². The Morgan fingerprint density at radius 3 is 1.83 bits per heavy atom. The first-order valence-corrected chi connectivity index (χ1v) is 8.56. The Morgan fingerprint density at radius 2 is 1.28 bits per heavy atom. The number of hydrogen-bond donors (Lipinski definition) is 1. The molecule has 0 saturated heterocycles. The van der Waals surface area contributed by atoms with E-state index in [2.05, 4.69) is 6.92 Å². The van der Waals surface area contributed by atoms with Gasteiger partial charge in [-0.15, -0.1) is 0 Å². The maximum absolute atomic E-state index is 6.63. The summed E-state index contributed by atoms with van der Waals surface area (Å²) >= 11 is 0. The third-order valence-corrected chi connectivity index (χ3v) is 5.71. The van der Waals surface area contributed by atoms with Gasteiger partial charge in [-0.3, -0.25) is 0 Å². The molecule has 0 aliphatic heterocycles. The highest BCUT2D eigenvalue weighted by atomic mass is 14.7. The van der Waals surface area contributed by atoms with E-state index in [4.69, 9.17) is 5.73 Å². The van der Waals surface area contributed by atoms with E-state index in [-0.39, 0.29) is 0 Å². The maximum Gasteiger partial charge on any atom is 0.00956 e. The van der Waals surface area contributed by atoms with E-state index >= 15 is 0 Å². The smallest absolute Gasteiger partial charge is 0.00956 e. The highest BCUT2D eigenvalue weighted by Crippen LogP contribution is 2.36. The predicted octanol–water partition coefficient (Wildman–Crippen LogP) is 4.89. The first kappa shape index (κ1) is 14.4. The highest BCUT2D eigenvalue weighted by molar-refractivity contribution is 4.84. The highest BCUT2D eigenvalue weighted by Gasteiger charge is 2.29. The van der Waals surface area contributed by atoms with Crippen LogP contribution in [-0.2, 0) is 0 Å². The minimum atomic E-state index is 0.515. The van der Waals surface area contributed by atoms with Gasteiger partial charge in [-0.1, -0.05) is 58.3 Å². The Morgan fingerprint density at radius 1 is 0.778 bits per heavy atom. The number of rotatable bonds is 3. The van der Waals surface area contributed by atoms with Crippen LogP contribution in [0.3, 0.4) is 0 Å². The quantitative estimate of drug-likeness (QED) is 0.759. The molecule has 2 fully saturated rings. The molecule has 0 radical (unpaired) electrons. The molecule has 0 bridgehead atoms. The van der Waals surface area contributed by atoms with Gasteiger partial charge in [0, 0.05) is 6.04 Å². The van der Waals surface area contributed by atoms with Gasteiger partial charge in [0.15, 0.2) is 0 Å². The van der Waals surface area contributed by atoms with Crippen LogP contribution in [-0.4, -0.2) is 6.04 Å². The molecule has 2 aliphatic carbocycles. The van der Waals surface area contributed by atoms with Crippen LogP contribution in [0.15, 0.2) is 0 Å². The standard InChI is InChI=1S/C17H33N/c1-2-14-10-12-16(13-11-14)17(18)15-8-6-4-3-5-7-9-15/h14-17H,2-13,18H2,1H3. The molecular formula is C17H33N. The van der Waals surface area contributed by atoms with Gasteiger partial charge in [0.2, 0.25) is 0 Å². The summed E-state index contributed by atoms with van der Waals surface area (Å²) in [5.41, 5.74) is 6.63. The Kier molecular flexibility index (Phi) is 6.01. The van der Waals surface area contributed by atoms with Crippen LogP contribution in [0.2, 0.25) is 0 Å². The molecule has 0 aromatic heterocycles. The molecule has 1 heteroatoms. The van der Waals surface area contributed by atoms with Crippen molar-refractivity contribution in [2.24, 2.45) is 23.5 Å². The molecule has 0 aromatic carbocycles. The van der Waals surface area contributed by atoms with Crippen molar-refractivity contribution in [3.8, 4) is 0 Å². The zero-order valence-corrected chi connectivity index (χ0v) is 12.4. The summed E-state index contributed by atoms with van der Waals surface area (Å²) in [4.78, 5) is 0. The lowest BCUT2D eigenvalue weighted by molar-refractivity contribution is 0.184. The van der Waals surface area contributed by atoms with Crippen molar-refractivity contribution in [3.05, 3.63) is 0 Å². The van der Waals surface area contributed by atoms with Crippen LogP contribution in [0.1, 0.15) is 84.0 Å². The molecule has 2 saturated carbocycles. The average molecular weight is 251 g/mol. The van der Waals surface area contributed by atoms with Gasteiger partial charge in [-0.2, -0.15) is 0 Å². The number of nitrogens with two attached hydrogens (primary N) is 1. The monoisotopic (exact) mass is 251 g/mol. The van der Waals surface area contributed by atoms with Crippen LogP contribution in [0.5, 0.6) is 0 Å². The number of hydrogen-bond acceptors (Lipinski definition) is 1. The summed E-state index contributed by atoms with van der Waals surface area (Å²) in [6.07, 6.45) is 17.1. The normalized spacial score (nSPS) is 33.7. The minimum absolute atomic E-state index is 0.515. The van der Waals surface area contributed by atoms with Gasteiger partial charge >= 0.3 is 0 Å². The lowest BCUT2D eigenvalue weighted by Gasteiger charge is -2.36. The zero-order valence-electron chi connectivity index (χ0n) is 12.4. The van der Waals surface area contributed by atoms with Crippen LogP contribution in [0, 0.1) is 17.8 Å². The third-order valence-electron chi connectivity index (χ3n) is 5.71. The summed E-state index contributed by atoms with van der Waals surface area (Å²) in [6, 6.07) is 0.515. The zero-order chi connectivity index (χ0) is 12.8. The first-order valence-electron chi connectivity index (χ1n) is 8.56. The lowest BCUT2D eigenvalue weighted by atomic mass is 9.72. The van der Waals surface area contributed by atoms with Gasteiger partial charge < -0.3 is 5.73 Å². The van der Waals surface area contributed by atoms with Crippen LogP contribution < -0.4 is 5.73 Å². The third kappa shape index (κ3) is 3.98. The summed E-state index contributed by atoms with van der Waals surface area (Å²) < 4.78 is 0. The van der Waals surface area contributed by atoms with Crippen molar-refractivity contribution in [1.29, 1.82) is 0 Å². The van der Waals surface area contributed by atoms with Gasteiger partial charge in [0.1, 0.15) is 0 Å². The van der Waals surface area contributed by atoms with Crippen molar-refractivity contribution < 1.29 is 0 Å². The summed E-state index contributed by atoms with van der Waals surface area (Å²) in [6.45, 7) is 2.35. The van der Waals surface area contributed by atoms with Crippen LogP contribution in [0.4, 0.5) is 0 Å². The summed E-state index contributed by atoms with van der Waals surface area (Å²) in [7, 11) is 0. The molecule has 0 heterocycles. The van der Waals surface area contributed by atoms with Crippen molar-refractivity contribution in [2.45, 2.75) is 90.0 Å². The van der Waals surface area contributed by atoms with Gasteiger partial charge in [0.05, 0.1) is 0 Å². The van der Waals surface area contributed by atoms with Crippen molar-refractivity contribution in [3.63, 3.8) is 0 Å². The fourth-order valence-electron chi connectivity index (χ4n) is 4.24. The fourth-order valence-corrected chi connectivity index (χ4v) is 4.24. The molecular weight excluding hydrogens is 218 g/mol. The van der Waals surface area contributed by atoms with Crippen molar-refractivity contribution >= 4 is 0 Å². The molecule has 0 amide bonds.